The van der Waals surface area contributed by atoms with Crippen LogP contribution in [0.2, 0.25) is 0 Å². The number of aliphatic carboxylic acids is 1. The molecule has 1 aromatic heterocycles. The molecule has 0 radical (unpaired) electrons. The predicted molar refractivity (Wildman–Crippen MR) is 166 cm³/mol. The summed E-state index contributed by atoms with van der Waals surface area (Å²) in [6, 6.07) is 13.4. The topological polar surface area (TPSA) is 158 Å². The molecule has 4 rings (SSSR count). The summed E-state index contributed by atoms with van der Waals surface area (Å²) in [6.07, 6.45) is -4.79. The number of Topliss-reactive ketones (excluding diaryl/α,β-unsaturated/α-hetero) is 1. The van der Waals surface area contributed by atoms with Gasteiger partial charge in [0.15, 0.2) is 10.9 Å². The molecule has 1 saturated heterocycles. The molecule has 12 nitrogen and oxygen atoms in total. The van der Waals surface area contributed by atoms with Crippen molar-refractivity contribution in [3.05, 3.63) is 76.8 Å². The van der Waals surface area contributed by atoms with Crippen LogP contribution in [0.1, 0.15) is 53.8 Å². The molecule has 0 bridgehead atoms. The Labute approximate surface area is 272 Å². The Bertz CT molecular complexity index is 1570. The Balaban J connectivity index is 0.000000771. The van der Waals surface area contributed by atoms with Crippen molar-refractivity contribution in [1.82, 2.24) is 20.1 Å². The number of carboxylic acids is 1. The van der Waals surface area contributed by atoms with Crippen molar-refractivity contribution >= 4 is 46.1 Å². The smallest absolute Gasteiger partial charge is 0.490 e. The van der Waals surface area contributed by atoms with Crippen LogP contribution in [0, 0.1) is 0 Å². The second-order valence-corrected chi connectivity index (χ2v) is 11.4. The van der Waals surface area contributed by atoms with E-state index in [9.17, 15) is 32.3 Å². The van der Waals surface area contributed by atoms with Crippen molar-refractivity contribution < 1.29 is 47.0 Å². The first kappa shape index (κ1) is 36.6. The third-order valence-electron chi connectivity index (χ3n) is 6.92. The molecule has 2 heterocycles. The zero-order valence-electron chi connectivity index (χ0n) is 25.9. The molecule has 0 saturated carbocycles. The molecule has 0 unspecified atom stereocenters. The molecule has 2 aromatic carbocycles. The number of hydrogen-bond donors (Lipinski definition) is 3. The normalized spacial score (nSPS) is 15.7. The largest absolute Gasteiger partial charge is 0.492 e. The number of likely N-dealkylation sites (N-methyl/N-ethyl adjacent to an activating group) is 1. The van der Waals surface area contributed by atoms with E-state index in [0.29, 0.717) is 17.9 Å². The highest BCUT2D eigenvalue weighted by molar-refractivity contribution is 7.14. The van der Waals surface area contributed by atoms with Crippen LogP contribution in [-0.2, 0) is 14.4 Å². The van der Waals surface area contributed by atoms with E-state index in [0.717, 1.165) is 28.3 Å². The lowest BCUT2D eigenvalue weighted by molar-refractivity contribution is -0.192. The van der Waals surface area contributed by atoms with Gasteiger partial charge in [-0.1, -0.05) is 56.3 Å². The third-order valence-corrected chi connectivity index (χ3v) is 7.68. The monoisotopic (exact) mass is 677 g/mol. The van der Waals surface area contributed by atoms with Crippen molar-refractivity contribution in [2.75, 3.05) is 32.6 Å². The lowest BCUT2D eigenvalue weighted by Crippen LogP contribution is -2.50. The van der Waals surface area contributed by atoms with Crippen LogP contribution in [0.15, 0.2) is 60.0 Å². The summed E-state index contributed by atoms with van der Waals surface area (Å²) in [5.41, 5.74) is 1.63. The van der Waals surface area contributed by atoms with Crippen molar-refractivity contribution in [2.45, 2.75) is 44.4 Å². The maximum atomic E-state index is 13.7. The molecule has 47 heavy (non-hydrogen) atoms. The van der Waals surface area contributed by atoms with Gasteiger partial charge in [0.05, 0.1) is 0 Å². The maximum absolute atomic E-state index is 13.7. The molecule has 252 valence electrons. The van der Waals surface area contributed by atoms with Crippen LogP contribution in [0.4, 0.5) is 23.1 Å². The Morgan fingerprint density at radius 2 is 1.72 bits per heavy atom. The van der Waals surface area contributed by atoms with Crippen LogP contribution >= 0.6 is 11.3 Å². The van der Waals surface area contributed by atoms with Crippen molar-refractivity contribution in [3.8, 4) is 5.75 Å². The summed E-state index contributed by atoms with van der Waals surface area (Å²) in [6.45, 7) is 4.80. The second-order valence-electron chi connectivity index (χ2n) is 10.6. The summed E-state index contributed by atoms with van der Waals surface area (Å²) in [5.74, 6) is -3.88. The van der Waals surface area contributed by atoms with E-state index < -0.39 is 48.0 Å². The van der Waals surface area contributed by atoms with Crippen LogP contribution in [0.5, 0.6) is 5.75 Å². The van der Waals surface area contributed by atoms with Gasteiger partial charge in [-0.05, 0) is 37.4 Å². The number of thiazole rings is 1. The predicted octanol–water partition coefficient (Wildman–Crippen LogP) is 4.71. The Morgan fingerprint density at radius 3 is 2.28 bits per heavy atom. The van der Waals surface area contributed by atoms with E-state index >= 15 is 0 Å². The number of nitrogens with one attached hydrogen (secondary N) is 2. The molecule has 0 aliphatic carbocycles. The second kappa shape index (κ2) is 16.1. The SMILES string of the molecule is CCC(=O)c1csc(NC(=O)[C@H]([C@@H](C)c2ccccc2)N2C(=O)N[C@H](c3ccc(OCCN(C)C)cc3)C2=O)n1.O=C(O)C(F)(F)F. The van der Waals surface area contributed by atoms with E-state index in [4.69, 9.17) is 14.6 Å². The number of nitrogens with zero attached hydrogens (tertiary/aromatic N) is 3. The number of anilines is 1. The molecule has 3 aromatic rings. The van der Waals surface area contributed by atoms with Crippen LogP contribution in [0.25, 0.3) is 0 Å². The van der Waals surface area contributed by atoms with Crippen molar-refractivity contribution in [2.24, 2.45) is 0 Å². The molecule has 3 atom stereocenters. The average molecular weight is 678 g/mol. The van der Waals surface area contributed by atoms with Gasteiger partial charge < -0.3 is 25.4 Å². The van der Waals surface area contributed by atoms with Crippen molar-refractivity contribution in [1.29, 1.82) is 0 Å². The van der Waals surface area contributed by atoms with Gasteiger partial charge in [-0.15, -0.1) is 11.3 Å². The quantitative estimate of drug-likeness (QED) is 0.182. The zero-order valence-corrected chi connectivity index (χ0v) is 26.7. The number of ether oxygens (including phenoxy) is 1. The number of rotatable bonds is 12. The maximum Gasteiger partial charge on any atom is 0.490 e. The zero-order chi connectivity index (χ0) is 34.9. The summed E-state index contributed by atoms with van der Waals surface area (Å²) in [4.78, 5) is 68.7. The van der Waals surface area contributed by atoms with Gasteiger partial charge in [-0.3, -0.25) is 14.4 Å². The fourth-order valence-corrected chi connectivity index (χ4v) is 5.13. The lowest BCUT2D eigenvalue weighted by Gasteiger charge is -2.29. The number of imide groups is 1. The minimum atomic E-state index is -5.08. The fraction of sp³-hybridized carbons (Fsp3) is 0.355. The van der Waals surface area contributed by atoms with E-state index in [-0.39, 0.29) is 23.0 Å². The number of alkyl halides is 3. The van der Waals surface area contributed by atoms with Crippen LogP contribution in [-0.4, -0.2) is 89.0 Å². The highest BCUT2D eigenvalue weighted by atomic mass is 32.1. The minimum absolute atomic E-state index is 0.142. The first-order valence-electron chi connectivity index (χ1n) is 14.3. The fourth-order valence-electron chi connectivity index (χ4n) is 4.41. The number of carbonyl (C=O) groups excluding carboxylic acids is 4. The summed E-state index contributed by atoms with van der Waals surface area (Å²) >= 11 is 1.11. The van der Waals surface area contributed by atoms with Gasteiger partial charge in [0, 0.05) is 24.3 Å². The standard InChI is InChI=1S/C29H33N5O5S.C2HF3O2/c1-5-23(35)22-17-40-28(30-22)32-26(36)25(18(2)19-9-7-6-8-10-19)34-27(37)24(31-29(34)38)20-11-13-21(14-12-20)39-16-15-33(3)4;3-2(4,5)1(6)7/h6-14,17-18,24-25H,5,15-16H2,1-4H3,(H,31,38)(H,30,32,36);(H,6,7)/t18-,24+,25-;/m0./s1. The molecule has 16 heteroatoms. The molecular weight excluding hydrogens is 643 g/mol. The van der Waals surface area contributed by atoms with E-state index in [1.807, 2.05) is 49.3 Å². The third kappa shape index (κ3) is 9.83. The molecular formula is C31H34F3N5O7S. The number of carbonyl (C=O) groups is 5. The van der Waals surface area contributed by atoms with Gasteiger partial charge >= 0.3 is 18.2 Å². The number of halogens is 3. The summed E-state index contributed by atoms with van der Waals surface area (Å²) < 4.78 is 37.5. The highest BCUT2D eigenvalue weighted by Crippen LogP contribution is 2.32. The van der Waals surface area contributed by atoms with E-state index in [1.54, 1.807) is 43.5 Å². The van der Waals surface area contributed by atoms with Gasteiger partial charge in [0.2, 0.25) is 5.91 Å². The number of urea groups is 1. The van der Waals surface area contributed by atoms with Crippen molar-refractivity contribution in [3.63, 3.8) is 0 Å². The van der Waals surface area contributed by atoms with E-state index in [1.165, 1.54) is 0 Å². The number of aromatic nitrogens is 1. The summed E-state index contributed by atoms with van der Waals surface area (Å²) in [7, 11) is 3.92. The van der Waals surface area contributed by atoms with Crippen LogP contribution < -0.4 is 15.4 Å². The van der Waals surface area contributed by atoms with E-state index in [2.05, 4.69) is 15.6 Å². The number of carboxylic acid groups (broad SMARTS) is 1. The Morgan fingerprint density at radius 1 is 1.11 bits per heavy atom. The number of amides is 4. The molecule has 1 aliphatic rings. The number of hydrogen-bond acceptors (Lipinski definition) is 9. The molecule has 3 N–H and O–H groups in total. The van der Waals surface area contributed by atoms with Gasteiger partial charge in [0.1, 0.15) is 30.1 Å². The first-order valence-corrected chi connectivity index (χ1v) is 15.2. The highest BCUT2D eigenvalue weighted by Gasteiger charge is 2.47. The number of benzene rings is 2. The molecule has 1 fully saturated rings. The minimum Gasteiger partial charge on any atom is -0.492 e. The molecule has 1 aliphatic heterocycles. The summed E-state index contributed by atoms with van der Waals surface area (Å²) in [5, 5.41) is 14.4. The van der Waals surface area contributed by atoms with Gasteiger partial charge in [0.25, 0.3) is 5.91 Å². The Hall–Kier alpha value is -4.83. The van der Waals surface area contributed by atoms with Gasteiger partial charge in [-0.25, -0.2) is 19.5 Å². The Kier molecular flexibility index (Phi) is 12.6. The van der Waals surface area contributed by atoms with Gasteiger partial charge in [-0.2, -0.15) is 13.2 Å². The average Bonchev–Trinajstić information content (AvgIpc) is 3.61. The van der Waals surface area contributed by atoms with Crippen LogP contribution in [0.3, 0.4) is 0 Å². The molecule has 4 amide bonds. The lowest BCUT2D eigenvalue weighted by atomic mass is 9.91. The molecule has 0 spiro atoms. The first-order chi connectivity index (χ1) is 22.1. The number of ketones is 1.